The molecule has 0 radical (unpaired) electrons. The van der Waals surface area contributed by atoms with E-state index >= 15 is 0 Å². The number of aromatic nitrogens is 1. The van der Waals surface area contributed by atoms with Crippen LogP contribution >= 0.6 is 39.7 Å². The number of anilines is 1. The lowest BCUT2D eigenvalue weighted by Gasteiger charge is -2.21. The number of thiazole rings is 1. The number of amides is 1. The number of benzene rings is 2. The number of halogens is 2. The van der Waals surface area contributed by atoms with Crippen molar-refractivity contribution in [2.24, 2.45) is 0 Å². The topological polar surface area (TPSA) is 36.4 Å². The van der Waals surface area contributed by atoms with Crippen molar-refractivity contribution in [3.05, 3.63) is 57.6 Å². The molecule has 1 amide bonds. The van der Waals surface area contributed by atoms with E-state index in [-0.39, 0.29) is 18.3 Å². The van der Waals surface area contributed by atoms with Gasteiger partial charge in [-0.05, 0) is 86.2 Å². The molecule has 0 bridgehead atoms. The van der Waals surface area contributed by atoms with Crippen molar-refractivity contribution >= 4 is 60.9 Å². The van der Waals surface area contributed by atoms with Crippen molar-refractivity contribution < 1.29 is 4.79 Å². The zero-order chi connectivity index (χ0) is 19.6. The second-order valence-corrected chi connectivity index (χ2v) is 8.88. The fourth-order valence-electron chi connectivity index (χ4n) is 3.08. The summed E-state index contributed by atoms with van der Waals surface area (Å²) in [5, 5.41) is 0.762. The minimum atomic E-state index is -0.0188. The summed E-state index contributed by atoms with van der Waals surface area (Å²) in [6.45, 7) is 5.72. The molecule has 4 nitrogen and oxygen atoms in total. The van der Waals surface area contributed by atoms with Gasteiger partial charge >= 0.3 is 0 Å². The van der Waals surface area contributed by atoms with Gasteiger partial charge in [0.15, 0.2) is 5.13 Å². The summed E-state index contributed by atoms with van der Waals surface area (Å²) in [4.78, 5) is 22.1. The van der Waals surface area contributed by atoms with Crippen molar-refractivity contribution in [2.45, 2.75) is 20.3 Å². The lowest BCUT2D eigenvalue weighted by molar-refractivity contribution is 0.0985. The Bertz CT molecular complexity index is 973. The molecule has 3 rings (SSSR count). The normalized spacial score (nSPS) is 10.9. The summed E-state index contributed by atoms with van der Waals surface area (Å²) in [6.07, 6.45) is 0.886. The van der Waals surface area contributed by atoms with Crippen LogP contribution in [0.3, 0.4) is 0 Å². The van der Waals surface area contributed by atoms with Gasteiger partial charge in [0.05, 0.1) is 15.8 Å². The van der Waals surface area contributed by atoms with Gasteiger partial charge in [0.2, 0.25) is 0 Å². The molecule has 0 N–H and O–H groups in total. The third-order valence-electron chi connectivity index (χ3n) is 4.39. The fourth-order valence-corrected chi connectivity index (χ4v) is 4.70. The molecule has 0 spiro atoms. The molecule has 150 valence electrons. The third-order valence-corrected chi connectivity index (χ3v) is 6.10. The van der Waals surface area contributed by atoms with Gasteiger partial charge in [-0.15, -0.1) is 12.4 Å². The molecule has 2 aromatic carbocycles. The first-order valence-electron chi connectivity index (χ1n) is 8.95. The quantitative estimate of drug-likeness (QED) is 0.452. The summed E-state index contributed by atoms with van der Waals surface area (Å²) in [5.74, 6) is -0.0188. The Hall–Kier alpha value is -1.47. The van der Waals surface area contributed by atoms with Crippen molar-refractivity contribution in [1.82, 2.24) is 9.88 Å². The second kappa shape index (κ2) is 9.83. The lowest BCUT2D eigenvalue weighted by atomic mass is 10.1. The van der Waals surface area contributed by atoms with Crippen LogP contribution in [-0.2, 0) is 0 Å². The molecule has 7 heteroatoms. The first-order valence-corrected chi connectivity index (χ1v) is 10.6. The SMILES string of the molecule is Cc1cc(C)c2nc(N(CCCN(C)C)C(=O)c3ccccc3Br)sc2c1.Cl. The highest BCUT2D eigenvalue weighted by molar-refractivity contribution is 9.10. The first-order chi connectivity index (χ1) is 12.9. The summed E-state index contributed by atoms with van der Waals surface area (Å²) < 4.78 is 1.93. The predicted octanol–water partition coefficient (Wildman–Crippen LogP) is 5.70. The Morgan fingerprint density at radius 2 is 1.86 bits per heavy atom. The van der Waals surface area contributed by atoms with E-state index in [1.54, 1.807) is 11.3 Å². The Balaban J connectivity index is 0.00000280. The highest BCUT2D eigenvalue weighted by atomic mass is 79.9. The molecule has 0 aliphatic heterocycles. The van der Waals surface area contributed by atoms with Crippen LogP contribution < -0.4 is 4.90 Å². The maximum absolute atomic E-state index is 13.3. The highest BCUT2D eigenvalue weighted by Crippen LogP contribution is 2.33. The van der Waals surface area contributed by atoms with Gasteiger partial charge < -0.3 is 4.90 Å². The van der Waals surface area contributed by atoms with Crippen LogP contribution in [0.4, 0.5) is 5.13 Å². The molecule has 0 aliphatic carbocycles. The second-order valence-electron chi connectivity index (χ2n) is 7.02. The number of nitrogens with zero attached hydrogens (tertiary/aromatic N) is 3. The number of hydrogen-bond acceptors (Lipinski definition) is 4. The molecule has 0 aliphatic rings. The van der Waals surface area contributed by atoms with Gasteiger partial charge in [-0.2, -0.15) is 0 Å². The summed E-state index contributed by atoms with van der Waals surface area (Å²) in [5.41, 5.74) is 4.01. The predicted molar refractivity (Wildman–Crippen MR) is 125 cm³/mol. The van der Waals surface area contributed by atoms with Crippen molar-refractivity contribution in [3.8, 4) is 0 Å². The number of carbonyl (C=O) groups excluding carboxylic acids is 1. The molecule has 0 unspecified atom stereocenters. The monoisotopic (exact) mass is 481 g/mol. The van der Waals surface area contributed by atoms with Crippen LogP contribution in [0.2, 0.25) is 0 Å². The summed E-state index contributed by atoms with van der Waals surface area (Å²) in [6, 6.07) is 11.8. The average molecular weight is 483 g/mol. The molecule has 1 heterocycles. The van der Waals surface area contributed by atoms with E-state index in [0.29, 0.717) is 12.1 Å². The molecule has 0 fully saturated rings. The maximum Gasteiger partial charge on any atom is 0.261 e. The molecule has 1 aromatic heterocycles. The van der Waals surface area contributed by atoms with Gasteiger partial charge in [-0.3, -0.25) is 9.69 Å². The maximum atomic E-state index is 13.3. The number of hydrogen-bond donors (Lipinski definition) is 0. The Kier molecular flexibility index (Phi) is 8.01. The zero-order valence-corrected chi connectivity index (χ0v) is 19.7. The number of rotatable bonds is 6. The minimum absolute atomic E-state index is 0. The molecular formula is C21H25BrClN3OS. The van der Waals surface area contributed by atoms with Crippen molar-refractivity contribution in [2.75, 3.05) is 32.1 Å². The van der Waals surface area contributed by atoms with Crippen LogP contribution in [0.1, 0.15) is 27.9 Å². The smallest absolute Gasteiger partial charge is 0.261 e. The molecule has 0 atom stereocenters. The lowest BCUT2D eigenvalue weighted by Crippen LogP contribution is -2.33. The van der Waals surface area contributed by atoms with Crippen molar-refractivity contribution in [3.63, 3.8) is 0 Å². The van der Waals surface area contributed by atoms with Crippen LogP contribution in [0.15, 0.2) is 40.9 Å². The Labute approximate surface area is 185 Å². The van der Waals surface area contributed by atoms with E-state index in [2.05, 4.69) is 46.8 Å². The summed E-state index contributed by atoms with van der Waals surface area (Å²) >= 11 is 5.10. The van der Waals surface area contributed by atoms with Crippen LogP contribution in [-0.4, -0.2) is 43.0 Å². The van der Waals surface area contributed by atoms with Crippen LogP contribution in [0.5, 0.6) is 0 Å². The largest absolute Gasteiger partial charge is 0.309 e. The number of aryl methyl sites for hydroxylation is 2. The highest BCUT2D eigenvalue weighted by Gasteiger charge is 2.23. The molecule has 0 saturated carbocycles. The van der Waals surface area contributed by atoms with Crippen molar-refractivity contribution in [1.29, 1.82) is 0 Å². The number of carbonyl (C=O) groups is 1. The van der Waals surface area contributed by atoms with Gasteiger partial charge in [-0.25, -0.2) is 4.98 Å². The van der Waals surface area contributed by atoms with Gasteiger partial charge in [0, 0.05) is 11.0 Å². The first kappa shape index (κ1) is 22.8. The molecular weight excluding hydrogens is 458 g/mol. The van der Waals surface area contributed by atoms with E-state index in [1.165, 1.54) is 5.56 Å². The minimum Gasteiger partial charge on any atom is -0.309 e. The molecule has 28 heavy (non-hydrogen) atoms. The average Bonchev–Trinajstić information content (AvgIpc) is 3.02. The van der Waals surface area contributed by atoms with Crippen LogP contribution in [0, 0.1) is 13.8 Å². The fraction of sp³-hybridized carbons (Fsp3) is 0.333. The zero-order valence-electron chi connectivity index (χ0n) is 16.5. The van der Waals surface area contributed by atoms with Gasteiger partial charge in [-0.1, -0.05) is 29.5 Å². The Morgan fingerprint density at radius 3 is 2.54 bits per heavy atom. The Morgan fingerprint density at radius 1 is 1.14 bits per heavy atom. The molecule has 0 saturated heterocycles. The van der Waals surface area contributed by atoms with E-state index in [4.69, 9.17) is 4.98 Å². The third kappa shape index (κ3) is 5.11. The standard InChI is InChI=1S/C21H24BrN3OS.ClH/c1-14-12-15(2)19-18(13-14)27-21(23-19)25(11-7-10-24(3)4)20(26)16-8-5-6-9-17(16)22;/h5-6,8-9,12-13H,7,10-11H2,1-4H3;1H. The van der Waals surface area contributed by atoms with Gasteiger partial charge in [0.25, 0.3) is 5.91 Å². The van der Waals surface area contributed by atoms with E-state index in [1.807, 2.05) is 43.3 Å². The molecule has 3 aromatic rings. The number of fused-ring (bicyclic) bond motifs is 1. The van der Waals surface area contributed by atoms with E-state index in [9.17, 15) is 4.79 Å². The van der Waals surface area contributed by atoms with Gasteiger partial charge in [0.1, 0.15) is 0 Å². The van der Waals surface area contributed by atoms with E-state index in [0.717, 1.165) is 38.3 Å². The summed E-state index contributed by atoms with van der Waals surface area (Å²) in [7, 11) is 4.09. The van der Waals surface area contributed by atoms with E-state index < -0.39 is 0 Å². The van der Waals surface area contributed by atoms with Crippen LogP contribution in [0.25, 0.3) is 10.2 Å².